The summed E-state index contributed by atoms with van der Waals surface area (Å²) in [7, 11) is 4.66. The van der Waals surface area contributed by atoms with Crippen molar-refractivity contribution in [2.45, 2.75) is 39.3 Å². The highest BCUT2D eigenvalue weighted by atomic mass is 16.5. The van der Waals surface area contributed by atoms with Crippen molar-refractivity contribution in [3.05, 3.63) is 108 Å². The molecule has 6 aromatic rings. The number of nitrogens with zero attached hydrogens (tertiary/aromatic N) is 4. The predicted octanol–water partition coefficient (Wildman–Crippen LogP) is 7.11. The summed E-state index contributed by atoms with van der Waals surface area (Å²) in [6.45, 7) is 5.30. The van der Waals surface area contributed by atoms with Gasteiger partial charge in [0, 0.05) is 72.2 Å². The highest BCUT2D eigenvalue weighted by molar-refractivity contribution is 6.09. The monoisotopic (exact) mass is 826 g/mol. The van der Waals surface area contributed by atoms with E-state index < -0.39 is 17.9 Å². The number of fused-ring (bicyclic) bond motifs is 2. The maximum atomic E-state index is 13.9. The second kappa shape index (κ2) is 18.8. The van der Waals surface area contributed by atoms with E-state index in [1.807, 2.05) is 79.7 Å². The van der Waals surface area contributed by atoms with Gasteiger partial charge in [-0.2, -0.15) is 0 Å². The average Bonchev–Trinajstić information content (AvgIpc) is 3.28. The number of pyridine rings is 2. The van der Waals surface area contributed by atoms with E-state index in [0.717, 1.165) is 33.2 Å². The van der Waals surface area contributed by atoms with E-state index in [2.05, 4.69) is 31.2 Å². The van der Waals surface area contributed by atoms with Crippen molar-refractivity contribution in [2.24, 2.45) is 0 Å². The number of methoxy groups -OCH3 is 3. The summed E-state index contributed by atoms with van der Waals surface area (Å²) in [4.78, 5) is 54.4. The standard InChI is InChI=1S/C46H50N8O7/c1-6-11-38-37(26-41(45(51-38)61-5)52-46(58)54-18-16-53(17-19-54)32-23-33(59-3)25-34(24-32)60-4)44(57)47-28(2)43(56)49-31-21-29(27-55)20-30(22-31)48-42-35-12-7-9-14-39(35)50-40-15-10-8-13-36(40)42/h7-10,12-15,20-26,28,55H,6,11,16-19,27H2,1-5H3,(H,47,57)(H,48,50)(H,49,56)(H,52,58). The van der Waals surface area contributed by atoms with Gasteiger partial charge in [0.25, 0.3) is 5.91 Å². The fraction of sp³-hybridized carbons (Fsp3) is 0.283. The van der Waals surface area contributed by atoms with Crippen LogP contribution in [-0.4, -0.2) is 91.4 Å². The van der Waals surface area contributed by atoms with Crippen LogP contribution < -0.4 is 40.4 Å². The van der Waals surface area contributed by atoms with Crippen LogP contribution >= 0.6 is 0 Å². The Kier molecular flexibility index (Phi) is 13.0. The molecule has 0 spiro atoms. The number of ether oxygens (including phenoxy) is 3. The lowest BCUT2D eigenvalue weighted by Gasteiger charge is -2.36. The first kappa shape index (κ1) is 42.0. The number of aliphatic hydroxyl groups is 1. The Labute approximate surface area is 354 Å². The molecule has 316 valence electrons. The lowest BCUT2D eigenvalue weighted by molar-refractivity contribution is -0.117. The maximum Gasteiger partial charge on any atom is 0.322 e. The van der Waals surface area contributed by atoms with Crippen LogP contribution in [0.5, 0.6) is 17.4 Å². The minimum atomic E-state index is -0.981. The van der Waals surface area contributed by atoms with E-state index in [1.54, 1.807) is 44.2 Å². The number of carbonyl (C=O) groups excluding carboxylic acids is 3. The van der Waals surface area contributed by atoms with Crippen LogP contribution in [0.1, 0.15) is 41.9 Å². The van der Waals surface area contributed by atoms with Crippen molar-refractivity contribution in [3.63, 3.8) is 0 Å². The van der Waals surface area contributed by atoms with Gasteiger partial charge in [-0.3, -0.25) is 9.59 Å². The third kappa shape index (κ3) is 9.52. The first-order valence-electron chi connectivity index (χ1n) is 20.1. The highest BCUT2D eigenvalue weighted by Crippen LogP contribution is 2.35. The van der Waals surface area contributed by atoms with Crippen LogP contribution in [0, 0.1) is 0 Å². The second-order valence-corrected chi connectivity index (χ2v) is 14.7. The van der Waals surface area contributed by atoms with Gasteiger partial charge in [0.1, 0.15) is 23.2 Å². The Morgan fingerprint density at radius 3 is 2.02 bits per heavy atom. The van der Waals surface area contributed by atoms with Crippen LogP contribution in [0.15, 0.2) is 91.0 Å². The van der Waals surface area contributed by atoms with Crippen LogP contribution in [0.3, 0.4) is 0 Å². The molecule has 0 aliphatic carbocycles. The van der Waals surface area contributed by atoms with Gasteiger partial charge in [0.05, 0.1) is 55.9 Å². The number of urea groups is 1. The van der Waals surface area contributed by atoms with Gasteiger partial charge in [-0.25, -0.2) is 14.8 Å². The molecule has 1 saturated heterocycles. The number of aryl methyl sites for hydroxylation is 1. The molecule has 4 aromatic carbocycles. The van der Waals surface area contributed by atoms with Crippen molar-refractivity contribution < 1.29 is 33.7 Å². The number of carbonyl (C=O) groups is 3. The summed E-state index contributed by atoms with van der Waals surface area (Å²) in [6, 6.07) is 26.8. The number of amides is 4. The number of piperazine rings is 1. The molecule has 15 nitrogen and oxygen atoms in total. The summed E-state index contributed by atoms with van der Waals surface area (Å²) in [5, 5.41) is 24.1. The summed E-state index contributed by atoms with van der Waals surface area (Å²) >= 11 is 0. The fourth-order valence-electron chi connectivity index (χ4n) is 7.38. The predicted molar refractivity (Wildman–Crippen MR) is 238 cm³/mol. The molecule has 3 heterocycles. The van der Waals surface area contributed by atoms with Crippen LogP contribution in [0.4, 0.5) is 33.2 Å². The number of hydrogen-bond acceptors (Lipinski definition) is 11. The van der Waals surface area contributed by atoms with E-state index in [1.165, 1.54) is 7.11 Å². The molecule has 1 unspecified atom stereocenters. The molecule has 0 bridgehead atoms. The second-order valence-electron chi connectivity index (χ2n) is 14.7. The molecule has 1 fully saturated rings. The Hall–Kier alpha value is -7.13. The van der Waals surface area contributed by atoms with Crippen molar-refractivity contribution in [1.29, 1.82) is 0 Å². The SMILES string of the molecule is CCCc1nc(OC)c(NC(=O)N2CCN(c3cc(OC)cc(OC)c3)CC2)cc1C(=O)NC(C)C(=O)Nc1cc(CO)cc(Nc2c3ccccc3nc3ccccc23)c1. The molecule has 15 heteroatoms. The smallest absolute Gasteiger partial charge is 0.322 e. The van der Waals surface area contributed by atoms with E-state index in [-0.39, 0.29) is 29.8 Å². The quantitative estimate of drug-likeness (QED) is 0.0707. The summed E-state index contributed by atoms with van der Waals surface area (Å²) in [6.07, 6.45) is 1.14. The highest BCUT2D eigenvalue weighted by Gasteiger charge is 2.26. The Bertz CT molecular complexity index is 2500. The minimum Gasteiger partial charge on any atom is -0.497 e. The number of hydrogen-bond donors (Lipinski definition) is 5. The van der Waals surface area contributed by atoms with Gasteiger partial charge in [-0.15, -0.1) is 0 Å². The largest absolute Gasteiger partial charge is 0.497 e. The van der Waals surface area contributed by atoms with Crippen molar-refractivity contribution in [3.8, 4) is 17.4 Å². The van der Waals surface area contributed by atoms with E-state index in [0.29, 0.717) is 73.2 Å². The molecule has 0 radical (unpaired) electrons. The van der Waals surface area contributed by atoms with E-state index in [9.17, 15) is 19.5 Å². The summed E-state index contributed by atoms with van der Waals surface area (Å²) in [5.41, 5.74) is 5.96. The van der Waals surface area contributed by atoms with Crippen LogP contribution in [-0.2, 0) is 17.8 Å². The Morgan fingerprint density at radius 2 is 1.41 bits per heavy atom. The topological polar surface area (TPSA) is 180 Å². The molecule has 5 N–H and O–H groups in total. The first-order valence-corrected chi connectivity index (χ1v) is 20.1. The molecular formula is C46H50N8O7. The molecule has 1 aliphatic rings. The molecule has 1 aliphatic heterocycles. The molecule has 2 aromatic heterocycles. The molecule has 4 amide bonds. The number of aromatic nitrogens is 2. The summed E-state index contributed by atoms with van der Waals surface area (Å²) < 4.78 is 16.4. The molecular weight excluding hydrogens is 777 g/mol. The zero-order chi connectivity index (χ0) is 43.0. The van der Waals surface area contributed by atoms with Crippen LogP contribution in [0.25, 0.3) is 21.8 Å². The third-order valence-electron chi connectivity index (χ3n) is 10.5. The number of rotatable bonds is 14. The number of para-hydroxylation sites is 2. The lowest BCUT2D eigenvalue weighted by Crippen LogP contribution is -2.50. The van der Waals surface area contributed by atoms with Gasteiger partial charge in [0.15, 0.2) is 0 Å². The number of aliphatic hydroxyl groups excluding tert-OH is 1. The first-order chi connectivity index (χ1) is 29.6. The number of anilines is 5. The van der Waals surface area contributed by atoms with E-state index >= 15 is 0 Å². The molecule has 1 atom stereocenters. The normalized spacial score (nSPS) is 13.1. The molecule has 0 saturated carbocycles. The lowest BCUT2D eigenvalue weighted by atomic mass is 10.1. The fourth-order valence-corrected chi connectivity index (χ4v) is 7.38. The zero-order valence-electron chi connectivity index (χ0n) is 34.9. The third-order valence-corrected chi connectivity index (χ3v) is 10.5. The van der Waals surface area contributed by atoms with Gasteiger partial charge in [-0.05, 0) is 55.3 Å². The van der Waals surface area contributed by atoms with Gasteiger partial charge < -0.3 is 50.4 Å². The number of benzene rings is 4. The average molecular weight is 827 g/mol. The molecule has 61 heavy (non-hydrogen) atoms. The van der Waals surface area contributed by atoms with Crippen molar-refractivity contribution in [1.82, 2.24) is 20.2 Å². The van der Waals surface area contributed by atoms with Crippen molar-refractivity contribution >= 4 is 68.1 Å². The maximum absolute atomic E-state index is 13.9. The minimum absolute atomic E-state index is 0.169. The Balaban J connectivity index is 1.04. The zero-order valence-corrected chi connectivity index (χ0v) is 34.9. The van der Waals surface area contributed by atoms with Gasteiger partial charge >= 0.3 is 6.03 Å². The van der Waals surface area contributed by atoms with E-state index in [4.69, 9.17) is 19.2 Å². The van der Waals surface area contributed by atoms with Gasteiger partial charge in [0.2, 0.25) is 11.8 Å². The summed E-state index contributed by atoms with van der Waals surface area (Å²) in [5.74, 6) is 0.502. The Morgan fingerprint density at radius 1 is 0.770 bits per heavy atom. The van der Waals surface area contributed by atoms with Crippen molar-refractivity contribution in [2.75, 3.05) is 68.4 Å². The number of nitrogens with one attached hydrogen (secondary N) is 4. The van der Waals surface area contributed by atoms with Gasteiger partial charge in [-0.1, -0.05) is 49.7 Å². The molecule has 7 rings (SSSR count). The van der Waals surface area contributed by atoms with Crippen LogP contribution in [0.2, 0.25) is 0 Å².